The Kier molecular flexibility index (Phi) is 5.74. The zero-order valence-corrected chi connectivity index (χ0v) is 13.8. The zero-order valence-electron chi connectivity index (χ0n) is 12.2. The summed E-state index contributed by atoms with van der Waals surface area (Å²) in [6.07, 6.45) is 0.182. The minimum atomic E-state index is -0.520. The van der Waals surface area contributed by atoms with Crippen molar-refractivity contribution in [2.24, 2.45) is 0 Å². The summed E-state index contributed by atoms with van der Waals surface area (Å²) >= 11 is 3.39. The molecular weight excluding hydrogens is 322 g/mol. The van der Waals surface area contributed by atoms with Crippen LogP contribution in [0.25, 0.3) is 0 Å². The monoisotopic (exact) mass is 341 g/mol. The molecule has 0 radical (unpaired) electrons. The fourth-order valence-electron chi connectivity index (χ4n) is 1.54. The molecule has 0 saturated carbocycles. The van der Waals surface area contributed by atoms with E-state index in [4.69, 9.17) is 4.74 Å². The molecule has 1 aromatic carbocycles. The van der Waals surface area contributed by atoms with Crippen LogP contribution in [-0.4, -0.2) is 17.5 Å². The second-order valence-corrected chi connectivity index (χ2v) is 6.47. The lowest BCUT2D eigenvalue weighted by molar-refractivity contribution is -0.155. The molecule has 1 aromatic rings. The van der Waals surface area contributed by atoms with Crippen molar-refractivity contribution in [1.82, 2.24) is 0 Å². The van der Waals surface area contributed by atoms with Crippen LogP contribution in [0.1, 0.15) is 39.2 Å². The molecule has 0 aliphatic heterocycles. The minimum absolute atomic E-state index is 0.0760. The molecule has 0 atom stereocenters. The van der Waals surface area contributed by atoms with E-state index in [0.29, 0.717) is 5.69 Å². The molecule has 5 heteroatoms. The highest BCUT2D eigenvalue weighted by Gasteiger charge is 2.17. The van der Waals surface area contributed by atoms with Gasteiger partial charge in [-0.2, -0.15) is 0 Å². The van der Waals surface area contributed by atoms with Crippen molar-refractivity contribution in [2.75, 3.05) is 5.32 Å². The lowest BCUT2D eigenvalue weighted by Gasteiger charge is -2.19. The molecule has 0 bridgehead atoms. The Morgan fingerprint density at radius 3 is 2.45 bits per heavy atom. The van der Waals surface area contributed by atoms with E-state index in [2.05, 4.69) is 21.2 Å². The van der Waals surface area contributed by atoms with Gasteiger partial charge in [0.05, 0.1) is 12.1 Å². The summed E-state index contributed by atoms with van der Waals surface area (Å²) in [5, 5.41) is 2.76. The molecular formula is C15H20BrNO3. The van der Waals surface area contributed by atoms with E-state index in [1.807, 2.05) is 25.1 Å². The van der Waals surface area contributed by atoms with E-state index in [9.17, 15) is 9.59 Å². The first kappa shape index (κ1) is 16.7. The van der Waals surface area contributed by atoms with Crippen LogP contribution in [-0.2, 0) is 14.3 Å². The maximum atomic E-state index is 11.8. The maximum absolute atomic E-state index is 11.8. The van der Waals surface area contributed by atoms with Gasteiger partial charge in [-0.25, -0.2) is 0 Å². The van der Waals surface area contributed by atoms with Gasteiger partial charge in [0, 0.05) is 10.9 Å². The highest BCUT2D eigenvalue weighted by Crippen LogP contribution is 2.23. The van der Waals surface area contributed by atoms with Crippen LogP contribution in [0.4, 0.5) is 5.69 Å². The second-order valence-electron chi connectivity index (χ2n) is 5.62. The van der Waals surface area contributed by atoms with Gasteiger partial charge in [-0.15, -0.1) is 0 Å². The normalized spacial score (nSPS) is 11.1. The fraction of sp³-hybridized carbons (Fsp3) is 0.467. The van der Waals surface area contributed by atoms with E-state index in [1.54, 1.807) is 20.8 Å². The maximum Gasteiger partial charge on any atom is 0.306 e. The number of ether oxygens (including phenoxy) is 1. The summed E-state index contributed by atoms with van der Waals surface area (Å²) in [5.41, 5.74) is 1.28. The average Bonchev–Trinajstić information content (AvgIpc) is 2.28. The molecule has 0 aromatic heterocycles. The summed E-state index contributed by atoms with van der Waals surface area (Å²) in [6.45, 7) is 7.37. The first-order valence-corrected chi connectivity index (χ1v) is 7.24. The highest BCUT2D eigenvalue weighted by molar-refractivity contribution is 9.10. The third-order valence-corrected chi connectivity index (χ3v) is 3.03. The number of aryl methyl sites for hydroxylation is 1. The number of hydrogen-bond acceptors (Lipinski definition) is 3. The number of rotatable bonds is 4. The third-order valence-electron chi connectivity index (χ3n) is 2.37. The molecule has 0 spiro atoms. The number of nitrogens with one attached hydrogen (secondary N) is 1. The molecule has 1 rings (SSSR count). The Hall–Kier alpha value is -1.36. The smallest absolute Gasteiger partial charge is 0.306 e. The first-order valence-electron chi connectivity index (χ1n) is 6.45. The van der Waals surface area contributed by atoms with Crippen molar-refractivity contribution in [2.45, 2.75) is 46.1 Å². The fourth-order valence-corrected chi connectivity index (χ4v) is 2.13. The molecule has 4 nitrogen and oxygen atoms in total. The van der Waals surface area contributed by atoms with E-state index in [1.165, 1.54) is 0 Å². The number of anilines is 1. The number of amides is 1. The lowest BCUT2D eigenvalue weighted by atomic mass is 10.2. The lowest BCUT2D eigenvalue weighted by Crippen LogP contribution is -2.24. The van der Waals surface area contributed by atoms with Gasteiger partial charge >= 0.3 is 5.97 Å². The van der Waals surface area contributed by atoms with Crippen LogP contribution in [0.15, 0.2) is 22.7 Å². The molecule has 1 amide bonds. The Labute approximate surface area is 128 Å². The Morgan fingerprint density at radius 2 is 1.90 bits per heavy atom. The molecule has 110 valence electrons. The van der Waals surface area contributed by atoms with Crippen molar-refractivity contribution >= 4 is 33.5 Å². The number of carbonyl (C=O) groups is 2. The summed E-state index contributed by atoms with van der Waals surface area (Å²) in [5.74, 6) is -0.573. The SMILES string of the molecule is Cc1ccc(NC(=O)CCC(=O)OC(C)(C)C)c(Br)c1. The number of esters is 1. The summed E-state index contributed by atoms with van der Waals surface area (Å²) in [4.78, 5) is 23.3. The quantitative estimate of drug-likeness (QED) is 0.847. The highest BCUT2D eigenvalue weighted by atomic mass is 79.9. The topological polar surface area (TPSA) is 55.4 Å². The number of benzene rings is 1. The van der Waals surface area contributed by atoms with Crippen LogP contribution < -0.4 is 5.32 Å². The zero-order chi connectivity index (χ0) is 15.3. The van der Waals surface area contributed by atoms with Crippen molar-refractivity contribution < 1.29 is 14.3 Å². The van der Waals surface area contributed by atoms with Crippen molar-refractivity contribution in [3.05, 3.63) is 28.2 Å². The van der Waals surface area contributed by atoms with E-state index < -0.39 is 5.60 Å². The number of halogens is 1. The van der Waals surface area contributed by atoms with Crippen LogP contribution >= 0.6 is 15.9 Å². The molecule has 0 fully saturated rings. The molecule has 20 heavy (non-hydrogen) atoms. The van der Waals surface area contributed by atoms with Gasteiger partial charge in [0.1, 0.15) is 5.60 Å². The number of carbonyl (C=O) groups excluding carboxylic acids is 2. The average molecular weight is 342 g/mol. The van der Waals surface area contributed by atoms with Gasteiger partial charge < -0.3 is 10.1 Å². The van der Waals surface area contributed by atoms with Crippen molar-refractivity contribution in [3.63, 3.8) is 0 Å². The molecule has 0 aliphatic carbocycles. The molecule has 0 saturated heterocycles. The largest absolute Gasteiger partial charge is 0.460 e. The Bertz CT molecular complexity index is 506. The molecule has 0 unspecified atom stereocenters. The van der Waals surface area contributed by atoms with Gasteiger partial charge in [0.25, 0.3) is 0 Å². The summed E-state index contributed by atoms with van der Waals surface area (Å²) < 4.78 is 5.97. The third kappa shape index (κ3) is 6.19. The van der Waals surface area contributed by atoms with Crippen LogP contribution in [0.5, 0.6) is 0 Å². The summed E-state index contributed by atoms with van der Waals surface area (Å²) in [6, 6.07) is 5.66. The Balaban J connectivity index is 2.46. The van der Waals surface area contributed by atoms with Gasteiger partial charge in [-0.05, 0) is 61.3 Å². The standard InChI is InChI=1S/C15H20BrNO3/c1-10-5-6-12(11(16)9-10)17-13(18)7-8-14(19)20-15(2,3)4/h5-6,9H,7-8H2,1-4H3,(H,17,18). The van der Waals surface area contributed by atoms with Crippen molar-refractivity contribution in [3.8, 4) is 0 Å². The first-order chi connectivity index (χ1) is 9.17. The van der Waals surface area contributed by atoms with Gasteiger partial charge in [0.15, 0.2) is 0 Å². The van der Waals surface area contributed by atoms with Crippen LogP contribution in [0.3, 0.4) is 0 Å². The van der Waals surface area contributed by atoms with Gasteiger partial charge in [-0.3, -0.25) is 9.59 Å². The molecule has 0 aliphatic rings. The van der Waals surface area contributed by atoms with E-state index in [-0.39, 0.29) is 24.7 Å². The van der Waals surface area contributed by atoms with Crippen LogP contribution in [0, 0.1) is 6.92 Å². The Morgan fingerprint density at radius 1 is 1.25 bits per heavy atom. The summed E-state index contributed by atoms with van der Waals surface area (Å²) in [7, 11) is 0. The number of hydrogen-bond donors (Lipinski definition) is 1. The van der Waals surface area contributed by atoms with E-state index >= 15 is 0 Å². The van der Waals surface area contributed by atoms with Crippen molar-refractivity contribution in [1.29, 1.82) is 0 Å². The minimum Gasteiger partial charge on any atom is -0.460 e. The molecule has 0 heterocycles. The van der Waals surface area contributed by atoms with Crippen LogP contribution in [0.2, 0.25) is 0 Å². The van der Waals surface area contributed by atoms with Gasteiger partial charge in [0.2, 0.25) is 5.91 Å². The predicted octanol–water partition coefficient (Wildman–Crippen LogP) is 3.82. The van der Waals surface area contributed by atoms with Gasteiger partial charge in [-0.1, -0.05) is 6.07 Å². The predicted molar refractivity (Wildman–Crippen MR) is 82.6 cm³/mol. The molecule has 1 N–H and O–H groups in total. The van der Waals surface area contributed by atoms with E-state index in [0.717, 1.165) is 10.0 Å². The second kappa shape index (κ2) is 6.88.